The summed E-state index contributed by atoms with van der Waals surface area (Å²) in [6.07, 6.45) is 5.37. The van der Waals surface area contributed by atoms with Crippen LogP contribution < -0.4 is 5.32 Å². The van der Waals surface area contributed by atoms with Crippen molar-refractivity contribution in [2.75, 3.05) is 0 Å². The lowest BCUT2D eigenvalue weighted by Gasteiger charge is -2.28. The predicted octanol–water partition coefficient (Wildman–Crippen LogP) is 3.17. The molecule has 1 aromatic carbocycles. The Bertz CT molecular complexity index is 498. The highest BCUT2D eigenvalue weighted by Crippen LogP contribution is 2.37. The van der Waals surface area contributed by atoms with E-state index in [0.29, 0.717) is 0 Å². The fourth-order valence-corrected chi connectivity index (χ4v) is 3.63. The summed E-state index contributed by atoms with van der Waals surface area (Å²) in [5, 5.41) is 5.06. The molecule has 17 heavy (non-hydrogen) atoms. The van der Waals surface area contributed by atoms with Crippen LogP contribution in [-0.4, -0.2) is 17.1 Å². The number of fused-ring (bicyclic) bond motifs is 3. The van der Waals surface area contributed by atoms with Gasteiger partial charge in [0.2, 0.25) is 0 Å². The molecule has 2 aliphatic heterocycles. The molecule has 1 aromatic heterocycles. The Morgan fingerprint density at radius 1 is 1.00 bits per heavy atom. The van der Waals surface area contributed by atoms with Crippen LogP contribution in [-0.2, 0) is 0 Å². The molecule has 2 nitrogen and oxygen atoms in total. The summed E-state index contributed by atoms with van der Waals surface area (Å²) >= 11 is 0. The van der Waals surface area contributed by atoms with Gasteiger partial charge in [-0.1, -0.05) is 18.2 Å². The maximum atomic E-state index is 3.71. The first-order valence-electron chi connectivity index (χ1n) is 6.72. The number of nitrogens with one attached hydrogen (secondary N) is 2. The molecule has 2 unspecified atom stereocenters. The van der Waals surface area contributed by atoms with E-state index >= 15 is 0 Å². The van der Waals surface area contributed by atoms with E-state index < -0.39 is 0 Å². The summed E-state index contributed by atoms with van der Waals surface area (Å²) in [7, 11) is 0. The Morgan fingerprint density at radius 3 is 2.53 bits per heavy atom. The van der Waals surface area contributed by atoms with Gasteiger partial charge >= 0.3 is 0 Å². The van der Waals surface area contributed by atoms with Crippen LogP contribution >= 0.6 is 0 Å². The Hall–Kier alpha value is -1.28. The number of piperidine rings is 1. The molecule has 3 heterocycles. The second-order valence-corrected chi connectivity index (χ2v) is 5.62. The zero-order valence-corrected chi connectivity index (χ0v) is 9.95. The van der Waals surface area contributed by atoms with Crippen LogP contribution in [0, 0.1) is 0 Å². The topological polar surface area (TPSA) is 27.8 Å². The SMILES string of the molecule is c1ccc2[nH]c(C3CC4CCC(C3)N4)cc2c1. The molecule has 2 N–H and O–H groups in total. The van der Waals surface area contributed by atoms with Crippen molar-refractivity contribution < 1.29 is 0 Å². The molecule has 0 spiro atoms. The normalized spacial score (nSPS) is 32.1. The molecule has 2 aliphatic rings. The van der Waals surface area contributed by atoms with E-state index in [0.717, 1.165) is 18.0 Å². The molecule has 2 heteroatoms. The minimum absolute atomic E-state index is 0.737. The van der Waals surface area contributed by atoms with Crippen molar-refractivity contribution in [3.05, 3.63) is 36.0 Å². The van der Waals surface area contributed by atoms with Crippen LogP contribution in [0.25, 0.3) is 10.9 Å². The van der Waals surface area contributed by atoms with Crippen LogP contribution in [0.2, 0.25) is 0 Å². The highest BCUT2D eigenvalue weighted by Gasteiger charge is 2.34. The van der Waals surface area contributed by atoms with E-state index in [1.165, 1.54) is 42.3 Å². The summed E-state index contributed by atoms with van der Waals surface area (Å²) in [6, 6.07) is 12.5. The average Bonchev–Trinajstić information content (AvgIpc) is 2.92. The smallest absolute Gasteiger partial charge is 0.0456 e. The molecule has 2 saturated heterocycles. The van der Waals surface area contributed by atoms with Gasteiger partial charge in [0.15, 0.2) is 0 Å². The number of rotatable bonds is 1. The maximum absolute atomic E-state index is 3.71. The van der Waals surface area contributed by atoms with Crippen molar-refractivity contribution >= 4 is 10.9 Å². The number of benzene rings is 1. The number of hydrogen-bond acceptors (Lipinski definition) is 1. The molecule has 2 aromatic rings. The number of para-hydroxylation sites is 1. The van der Waals surface area contributed by atoms with Crippen LogP contribution in [0.4, 0.5) is 0 Å². The molecule has 0 amide bonds. The summed E-state index contributed by atoms with van der Waals surface area (Å²) in [5.41, 5.74) is 2.73. The molecule has 2 bridgehead atoms. The Labute approximate surface area is 101 Å². The maximum Gasteiger partial charge on any atom is 0.0456 e. The molecule has 88 valence electrons. The van der Waals surface area contributed by atoms with Gasteiger partial charge in [0, 0.05) is 29.2 Å². The highest BCUT2D eigenvalue weighted by molar-refractivity contribution is 5.80. The molecular weight excluding hydrogens is 208 g/mol. The van der Waals surface area contributed by atoms with Crippen LogP contribution in [0.1, 0.15) is 37.3 Å². The van der Waals surface area contributed by atoms with E-state index in [2.05, 4.69) is 40.6 Å². The lowest BCUT2D eigenvalue weighted by atomic mass is 9.90. The molecule has 0 saturated carbocycles. The molecule has 2 fully saturated rings. The van der Waals surface area contributed by atoms with E-state index in [9.17, 15) is 0 Å². The summed E-state index contributed by atoms with van der Waals surface area (Å²) in [5.74, 6) is 0.737. The fraction of sp³-hybridized carbons (Fsp3) is 0.467. The predicted molar refractivity (Wildman–Crippen MR) is 70.2 cm³/mol. The zero-order valence-electron chi connectivity index (χ0n) is 9.95. The summed E-state index contributed by atoms with van der Waals surface area (Å²) in [4.78, 5) is 3.61. The Kier molecular flexibility index (Phi) is 2.06. The highest BCUT2D eigenvalue weighted by atomic mass is 15.0. The first kappa shape index (κ1) is 9.72. The molecule has 2 atom stereocenters. The van der Waals surface area contributed by atoms with Crippen molar-refractivity contribution in [3.63, 3.8) is 0 Å². The lowest BCUT2D eigenvalue weighted by Crippen LogP contribution is -2.37. The van der Waals surface area contributed by atoms with E-state index in [1.807, 2.05) is 0 Å². The van der Waals surface area contributed by atoms with E-state index in [4.69, 9.17) is 0 Å². The Balaban J connectivity index is 1.69. The first-order chi connectivity index (χ1) is 8.38. The van der Waals surface area contributed by atoms with Gasteiger partial charge < -0.3 is 10.3 Å². The van der Waals surface area contributed by atoms with Crippen molar-refractivity contribution in [1.82, 2.24) is 10.3 Å². The van der Waals surface area contributed by atoms with Crippen molar-refractivity contribution in [1.29, 1.82) is 0 Å². The third-order valence-electron chi connectivity index (χ3n) is 4.46. The molecule has 4 rings (SSSR count). The van der Waals surface area contributed by atoms with Gasteiger partial charge in [0.25, 0.3) is 0 Å². The minimum Gasteiger partial charge on any atom is -0.358 e. The summed E-state index contributed by atoms with van der Waals surface area (Å²) in [6.45, 7) is 0. The number of hydrogen-bond donors (Lipinski definition) is 2. The van der Waals surface area contributed by atoms with Gasteiger partial charge in [-0.15, -0.1) is 0 Å². The lowest BCUT2D eigenvalue weighted by molar-refractivity contribution is 0.360. The molecular formula is C15H18N2. The minimum atomic E-state index is 0.737. The van der Waals surface area contributed by atoms with Crippen LogP contribution in [0.5, 0.6) is 0 Å². The van der Waals surface area contributed by atoms with Crippen LogP contribution in [0.15, 0.2) is 30.3 Å². The number of aromatic nitrogens is 1. The number of H-pyrrole nitrogens is 1. The average molecular weight is 226 g/mol. The molecule has 0 radical (unpaired) electrons. The van der Waals surface area contributed by atoms with Gasteiger partial charge in [-0.25, -0.2) is 0 Å². The van der Waals surface area contributed by atoms with E-state index in [-0.39, 0.29) is 0 Å². The van der Waals surface area contributed by atoms with Gasteiger partial charge in [0.1, 0.15) is 0 Å². The van der Waals surface area contributed by atoms with Crippen LogP contribution in [0.3, 0.4) is 0 Å². The standard InChI is InChI=1S/C15H18N2/c1-2-4-14-10(3-1)9-15(17-14)11-7-12-5-6-13(8-11)16-12/h1-4,9,11-13,16-17H,5-8H2. The zero-order chi connectivity index (χ0) is 11.2. The molecule has 0 aliphatic carbocycles. The summed E-state index contributed by atoms with van der Waals surface area (Å²) < 4.78 is 0. The van der Waals surface area contributed by atoms with Crippen molar-refractivity contribution in [3.8, 4) is 0 Å². The quantitative estimate of drug-likeness (QED) is 0.768. The van der Waals surface area contributed by atoms with Gasteiger partial charge in [-0.05, 0) is 43.2 Å². The van der Waals surface area contributed by atoms with Crippen molar-refractivity contribution in [2.45, 2.75) is 43.7 Å². The largest absolute Gasteiger partial charge is 0.358 e. The fourth-order valence-electron chi connectivity index (χ4n) is 3.63. The first-order valence-corrected chi connectivity index (χ1v) is 6.72. The van der Waals surface area contributed by atoms with Gasteiger partial charge in [0.05, 0.1) is 0 Å². The van der Waals surface area contributed by atoms with Crippen molar-refractivity contribution in [2.24, 2.45) is 0 Å². The second kappa shape index (κ2) is 3.61. The second-order valence-electron chi connectivity index (χ2n) is 5.62. The third kappa shape index (κ3) is 1.59. The number of aromatic amines is 1. The monoisotopic (exact) mass is 226 g/mol. The van der Waals surface area contributed by atoms with Gasteiger partial charge in [-0.3, -0.25) is 0 Å². The van der Waals surface area contributed by atoms with E-state index in [1.54, 1.807) is 0 Å². The van der Waals surface area contributed by atoms with Gasteiger partial charge in [-0.2, -0.15) is 0 Å². The Morgan fingerprint density at radius 2 is 1.76 bits per heavy atom. The third-order valence-corrected chi connectivity index (χ3v) is 4.46.